The molecule has 0 bridgehead atoms. The summed E-state index contributed by atoms with van der Waals surface area (Å²) in [5.74, 6) is -0.0497. The summed E-state index contributed by atoms with van der Waals surface area (Å²) in [4.78, 5) is 22.2. The Balaban J connectivity index is 2.41. The normalized spacial score (nSPS) is 27.6. The van der Waals surface area contributed by atoms with Crippen LogP contribution in [0.15, 0.2) is 15.0 Å². The summed E-state index contributed by atoms with van der Waals surface area (Å²) in [6.45, 7) is 0. The van der Waals surface area contributed by atoms with Crippen LogP contribution in [0, 0.1) is 0 Å². The van der Waals surface area contributed by atoms with Gasteiger partial charge in [-0.15, -0.1) is 0 Å². The number of amidine groups is 1. The van der Waals surface area contributed by atoms with Gasteiger partial charge >= 0.3 is 0 Å². The highest BCUT2D eigenvalue weighted by Crippen LogP contribution is 2.28. The molecule has 7 heteroatoms. The van der Waals surface area contributed by atoms with E-state index in [1.165, 1.54) is 0 Å². The maximum atomic E-state index is 11.1. The number of guanidine groups is 1. The average molecular weight is 203 g/mol. The van der Waals surface area contributed by atoms with Crippen LogP contribution < -0.4 is 5.73 Å². The van der Waals surface area contributed by atoms with E-state index in [2.05, 4.69) is 15.0 Å². The quantitative estimate of drug-likeness (QED) is 0.598. The number of thioether (sulfide) groups is 1. The Labute approximate surface area is 76.8 Å². The summed E-state index contributed by atoms with van der Waals surface area (Å²) >= 11 is 6.72. The number of fused-ring (bicyclic) bond motifs is 1. The number of hydrogen-bond acceptors (Lipinski definition) is 5. The Morgan fingerprint density at radius 3 is 2.92 bits per heavy atom. The first-order chi connectivity index (χ1) is 5.66. The standard InChI is InChI=1S/C5H3ClN4OS/c6-4-8-2-1(12-4)3(11)10-5(7)9-2/h1H,(H2,7,10,11). The minimum absolute atomic E-state index is 0.0537. The maximum Gasteiger partial charge on any atom is 0.270 e. The first-order valence-electron chi connectivity index (χ1n) is 3.04. The summed E-state index contributed by atoms with van der Waals surface area (Å²) in [5, 5.41) is -0.482. The second kappa shape index (κ2) is 2.56. The summed E-state index contributed by atoms with van der Waals surface area (Å²) in [7, 11) is 0. The van der Waals surface area contributed by atoms with Crippen molar-refractivity contribution in [1.82, 2.24) is 0 Å². The fourth-order valence-corrected chi connectivity index (χ4v) is 1.94. The smallest absolute Gasteiger partial charge is 0.270 e. The van der Waals surface area contributed by atoms with Crippen LogP contribution in [-0.2, 0) is 4.79 Å². The fourth-order valence-electron chi connectivity index (χ4n) is 0.883. The molecule has 0 saturated heterocycles. The molecule has 1 unspecified atom stereocenters. The molecule has 2 rings (SSSR count). The van der Waals surface area contributed by atoms with Crippen molar-refractivity contribution in [3.63, 3.8) is 0 Å². The number of amides is 1. The lowest BCUT2D eigenvalue weighted by Crippen LogP contribution is -2.30. The van der Waals surface area contributed by atoms with Crippen molar-refractivity contribution in [2.24, 2.45) is 20.7 Å². The van der Waals surface area contributed by atoms with Gasteiger partial charge in [0.1, 0.15) is 0 Å². The van der Waals surface area contributed by atoms with E-state index in [1.807, 2.05) is 0 Å². The van der Waals surface area contributed by atoms with Crippen molar-refractivity contribution in [3.05, 3.63) is 0 Å². The Morgan fingerprint density at radius 2 is 2.17 bits per heavy atom. The highest BCUT2D eigenvalue weighted by molar-refractivity contribution is 8.19. The average Bonchev–Trinajstić information content (AvgIpc) is 2.29. The van der Waals surface area contributed by atoms with E-state index in [-0.39, 0.29) is 11.9 Å². The van der Waals surface area contributed by atoms with Gasteiger partial charge in [0, 0.05) is 0 Å². The first-order valence-corrected chi connectivity index (χ1v) is 4.30. The predicted octanol–water partition coefficient (Wildman–Crippen LogP) is -0.0500. The van der Waals surface area contributed by atoms with Gasteiger partial charge in [-0.25, -0.2) is 4.99 Å². The molecule has 1 atom stereocenters. The van der Waals surface area contributed by atoms with Crippen LogP contribution in [0.2, 0.25) is 0 Å². The third kappa shape index (κ3) is 1.12. The molecule has 0 fully saturated rings. The number of aliphatic imine (C=N–C) groups is 3. The van der Waals surface area contributed by atoms with Crippen molar-refractivity contribution < 1.29 is 4.79 Å². The number of halogens is 1. The molecule has 0 aliphatic carbocycles. The summed E-state index contributed by atoms with van der Waals surface area (Å²) < 4.78 is 0.303. The molecule has 2 heterocycles. The van der Waals surface area contributed by atoms with E-state index >= 15 is 0 Å². The maximum absolute atomic E-state index is 11.1. The van der Waals surface area contributed by atoms with Gasteiger partial charge in [-0.1, -0.05) is 23.4 Å². The molecule has 2 aliphatic heterocycles. The van der Waals surface area contributed by atoms with Gasteiger partial charge in [0.25, 0.3) is 5.91 Å². The van der Waals surface area contributed by atoms with E-state index < -0.39 is 5.25 Å². The highest BCUT2D eigenvalue weighted by atomic mass is 35.5. The minimum atomic E-state index is -0.482. The van der Waals surface area contributed by atoms with Crippen LogP contribution in [0.5, 0.6) is 0 Å². The van der Waals surface area contributed by atoms with Crippen LogP contribution in [0.4, 0.5) is 0 Å². The SMILES string of the molecule is NC1=NC(=O)C2SC(Cl)=NC2=N1. The van der Waals surface area contributed by atoms with Gasteiger partial charge < -0.3 is 5.73 Å². The number of nitrogens with zero attached hydrogens (tertiary/aromatic N) is 3. The zero-order chi connectivity index (χ0) is 8.72. The summed E-state index contributed by atoms with van der Waals surface area (Å²) in [5.41, 5.74) is 5.25. The second-order valence-electron chi connectivity index (χ2n) is 2.14. The van der Waals surface area contributed by atoms with Crippen LogP contribution >= 0.6 is 23.4 Å². The molecular formula is C5H3ClN4OS. The molecule has 0 radical (unpaired) electrons. The molecule has 0 aromatic rings. The number of carbonyl (C=O) groups excluding carboxylic acids is 1. The van der Waals surface area contributed by atoms with Crippen LogP contribution in [0.25, 0.3) is 0 Å². The number of hydrogen-bond donors (Lipinski definition) is 1. The zero-order valence-electron chi connectivity index (χ0n) is 5.69. The lowest BCUT2D eigenvalue weighted by Gasteiger charge is -2.07. The molecule has 0 aromatic carbocycles. The molecule has 62 valence electrons. The zero-order valence-corrected chi connectivity index (χ0v) is 7.26. The largest absolute Gasteiger partial charge is 0.368 e. The van der Waals surface area contributed by atoms with Crippen LogP contribution in [0.3, 0.4) is 0 Å². The van der Waals surface area contributed by atoms with Gasteiger partial charge in [-0.05, 0) is 0 Å². The number of carbonyl (C=O) groups is 1. The van der Waals surface area contributed by atoms with Gasteiger partial charge in [-0.3, -0.25) is 4.79 Å². The van der Waals surface area contributed by atoms with Crippen molar-refractivity contribution in [3.8, 4) is 0 Å². The van der Waals surface area contributed by atoms with Gasteiger partial charge in [0.05, 0.1) is 0 Å². The Morgan fingerprint density at radius 1 is 1.42 bits per heavy atom. The van der Waals surface area contributed by atoms with E-state index in [4.69, 9.17) is 17.3 Å². The minimum Gasteiger partial charge on any atom is -0.368 e. The Kier molecular flexibility index (Phi) is 1.66. The van der Waals surface area contributed by atoms with Crippen LogP contribution in [-0.4, -0.2) is 27.5 Å². The summed E-state index contributed by atoms with van der Waals surface area (Å²) in [6.07, 6.45) is 0. The molecule has 2 N–H and O–H groups in total. The van der Waals surface area contributed by atoms with Crippen molar-refractivity contribution in [1.29, 1.82) is 0 Å². The van der Waals surface area contributed by atoms with E-state index in [0.717, 1.165) is 11.8 Å². The van der Waals surface area contributed by atoms with Gasteiger partial charge in [0.15, 0.2) is 15.6 Å². The molecular weight excluding hydrogens is 200 g/mol. The molecule has 5 nitrogen and oxygen atoms in total. The molecule has 1 amide bonds. The molecule has 0 aromatic heterocycles. The third-order valence-electron chi connectivity index (χ3n) is 1.33. The second-order valence-corrected chi connectivity index (χ2v) is 3.82. The van der Waals surface area contributed by atoms with Crippen LogP contribution in [0.1, 0.15) is 0 Å². The number of rotatable bonds is 0. The number of nitrogens with two attached hydrogens (primary N) is 1. The molecule has 2 aliphatic rings. The Bertz CT molecular complexity index is 347. The molecule has 0 spiro atoms. The fraction of sp³-hybridized carbons (Fsp3) is 0.200. The highest BCUT2D eigenvalue weighted by Gasteiger charge is 2.34. The van der Waals surface area contributed by atoms with Gasteiger partial charge in [0.2, 0.25) is 5.96 Å². The monoisotopic (exact) mass is 202 g/mol. The summed E-state index contributed by atoms with van der Waals surface area (Å²) in [6, 6.07) is 0. The van der Waals surface area contributed by atoms with Crippen molar-refractivity contribution >= 4 is 45.6 Å². The topological polar surface area (TPSA) is 80.2 Å². The van der Waals surface area contributed by atoms with Gasteiger partial charge in [-0.2, -0.15) is 9.98 Å². The van der Waals surface area contributed by atoms with E-state index in [1.54, 1.807) is 0 Å². The van der Waals surface area contributed by atoms with E-state index in [9.17, 15) is 4.79 Å². The third-order valence-corrected chi connectivity index (χ3v) is 2.62. The van der Waals surface area contributed by atoms with Crippen molar-refractivity contribution in [2.75, 3.05) is 0 Å². The first kappa shape index (κ1) is 7.75. The van der Waals surface area contributed by atoms with E-state index in [0.29, 0.717) is 10.3 Å². The lowest BCUT2D eigenvalue weighted by atomic mass is 10.3. The Hall–Kier alpha value is -0.880. The predicted molar refractivity (Wildman–Crippen MR) is 48.7 cm³/mol. The lowest BCUT2D eigenvalue weighted by molar-refractivity contribution is -0.116. The molecule has 12 heavy (non-hydrogen) atoms. The molecule has 0 saturated carbocycles. The van der Waals surface area contributed by atoms with Crippen molar-refractivity contribution in [2.45, 2.75) is 5.25 Å².